The molecule has 0 aliphatic rings. The van der Waals surface area contributed by atoms with Gasteiger partial charge in [0.2, 0.25) is 0 Å². The van der Waals surface area contributed by atoms with Crippen molar-refractivity contribution in [1.82, 2.24) is 9.55 Å². The second-order valence-electron chi connectivity index (χ2n) is 5.27. The van der Waals surface area contributed by atoms with E-state index in [-0.39, 0.29) is 6.04 Å². The number of hydrogen-bond donors (Lipinski definition) is 1. The largest absolute Gasteiger partial charge is 0.367 e. The number of hydrogen-bond acceptors (Lipinski definition) is 3. The van der Waals surface area contributed by atoms with Crippen molar-refractivity contribution in [1.29, 1.82) is 0 Å². The highest BCUT2D eigenvalue weighted by molar-refractivity contribution is 9.10. The molecule has 108 valence electrons. The number of rotatable bonds is 5. The van der Waals surface area contributed by atoms with Crippen LogP contribution in [-0.2, 0) is 20.0 Å². The lowest BCUT2D eigenvalue weighted by Crippen LogP contribution is -2.20. The van der Waals surface area contributed by atoms with Crippen molar-refractivity contribution in [3.63, 3.8) is 0 Å². The van der Waals surface area contributed by atoms with Crippen molar-refractivity contribution in [2.45, 2.75) is 25.9 Å². The van der Waals surface area contributed by atoms with Gasteiger partial charge in [0.05, 0.1) is 6.54 Å². The Morgan fingerprint density at radius 1 is 1.45 bits per heavy atom. The Morgan fingerprint density at radius 2 is 2.20 bits per heavy atom. The third-order valence-electron chi connectivity index (χ3n) is 3.32. The minimum absolute atomic E-state index is 0.169. The Balaban J connectivity index is 2.12. The molecule has 0 bridgehead atoms. The molecule has 5 heteroatoms. The van der Waals surface area contributed by atoms with E-state index in [0.717, 1.165) is 29.0 Å². The number of nitrogens with zero attached hydrogens (tertiary/aromatic N) is 3. The van der Waals surface area contributed by atoms with Crippen LogP contribution in [0.25, 0.3) is 0 Å². The second kappa shape index (κ2) is 6.41. The molecule has 1 atom stereocenters. The Hall–Kier alpha value is -1.33. The normalized spacial score (nSPS) is 12.4. The maximum absolute atomic E-state index is 5.86. The Bertz CT molecular complexity index is 577. The van der Waals surface area contributed by atoms with E-state index in [1.165, 1.54) is 5.56 Å². The summed E-state index contributed by atoms with van der Waals surface area (Å²) < 4.78 is 3.15. The summed E-state index contributed by atoms with van der Waals surface area (Å²) in [5, 5.41) is 0. The first-order valence-corrected chi connectivity index (χ1v) is 7.48. The monoisotopic (exact) mass is 336 g/mol. The first-order chi connectivity index (χ1) is 9.47. The van der Waals surface area contributed by atoms with Gasteiger partial charge >= 0.3 is 0 Å². The molecule has 2 N–H and O–H groups in total. The third-order valence-corrected chi connectivity index (χ3v) is 4.06. The van der Waals surface area contributed by atoms with Gasteiger partial charge in [-0.3, -0.25) is 0 Å². The fraction of sp³-hybridized carbons (Fsp3) is 0.400. The third kappa shape index (κ3) is 3.61. The van der Waals surface area contributed by atoms with Gasteiger partial charge in [-0.25, -0.2) is 4.98 Å². The predicted octanol–water partition coefficient (Wildman–Crippen LogP) is 2.71. The zero-order valence-electron chi connectivity index (χ0n) is 12.2. The maximum Gasteiger partial charge on any atom is 0.127 e. The minimum atomic E-state index is 0.169. The topological polar surface area (TPSA) is 47.1 Å². The fourth-order valence-electron chi connectivity index (χ4n) is 2.14. The molecule has 1 aromatic carbocycles. The Labute approximate surface area is 128 Å². The van der Waals surface area contributed by atoms with Crippen molar-refractivity contribution < 1.29 is 0 Å². The molecule has 1 aromatic heterocycles. The van der Waals surface area contributed by atoms with Crippen LogP contribution >= 0.6 is 15.9 Å². The van der Waals surface area contributed by atoms with E-state index in [1.807, 2.05) is 30.9 Å². The molecular weight excluding hydrogens is 316 g/mol. The predicted molar refractivity (Wildman–Crippen MR) is 86.8 cm³/mol. The quantitative estimate of drug-likeness (QED) is 0.913. The van der Waals surface area contributed by atoms with Crippen molar-refractivity contribution in [3.8, 4) is 0 Å². The average Bonchev–Trinajstić information content (AvgIpc) is 2.77. The van der Waals surface area contributed by atoms with Gasteiger partial charge < -0.3 is 15.2 Å². The molecule has 0 aliphatic carbocycles. The lowest BCUT2D eigenvalue weighted by Gasteiger charge is -2.20. The lowest BCUT2D eigenvalue weighted by atomic mass is 10.1. The molecule has 0 amide bonds. The van der Waals surface area contributed by atoms with Crippen LogP contribution in [0.5, 0.6) is 0 Å². The fourth-order valence-corrected chi connectivity index (χ4v) is 2.67. The smallest absolute Gasteiger partial charge is 0.127 e. The number of aryl methyl sites for hydroxylation is 1. The van der Waals surface area contributed by atoms with Gasteiger partial charge in [0.25, 0.3) is 0 Å². The first-order valence-electron chi connectivity index (χ1n) is 6.68. The molecule has 4 nitrogen and oxygen atoms in total. The van der Waals surface area contributed by atoms with Crippen LogP contribution < -0.4 is 10.6 Å². The van der Waals surface area contributed by atoms with Crippen LogP contribution in [0.4, 0.5) is 5.69 Å². The lowest BCUT2D eigenvalue weighted by molar-refractivity contribution is 0.735. The van der Waals surface area contributed by atoms with Crippen LogP contribution in [-0.4, -0.2) is 22.6 Å². The van der Waals surface area contributed by atoms with Crippen molar-refractivity contribution >= 4 is 21.6 Å². The van der Waals surface area contributed by atoms with Crippen molar-refractivity contribution in [3.05, 3.63) is 46.5 Å². The van der Waals surface area contributed by atoms with Gasteiger partial charge in [-0.05, 0) is 31.0 Å². The minimum Gasteiger partial charge on any atom is -0.367 e. The van der Waals surface area contributed by atoms with Crippen molar-refractivity contribution in [2.24, 2.45) is 12.8 Å². The zero-order chi connectivity index (χ0) is 14.7. The molecule has 0 aliphatic heterocycles. The number of halogens is 1. The highest BCUT2D eigenvalue weighted by Gasteiger charge is 2.09. The van der Waals surface area contributed by atoms with E-state index in [4.69, 9.17) is 5.73 Å². The van der Waals surface area contributed by atoms with E-state index in [9.17, 15) is 0 Å². The summed E-state index contributed by atoms with van der Waals surface area (Å²) in [6, 6.07) is 6.58. The zero-order valence-corrected chi connectivity index (χ0v) is 13.8. The van der Waals surface area contributed by atoms with E-state index in [0.29, 0.717) is 0 Å². The summed E-state index contributed by atoms with van der Waals surface area (Å²) in [5.74, 6) is 1.04. The summed E-state index contributed by atoms with van der Waals surface area (Å²) in [5.41, 5.74) is 8.26. The van der Waals surface area contributed by atoms with E-state index in [2.05, 4.69) is 51.1 Å². The van der Waals surface area contributed by atoms with Crippen LogP contribution in [0.3, 0.4) is 0 Å². The summed E-state index contributed by atoms with van der Waals surface area (Å²) in [6.07, 6.45) is 4.67. The first kappa shape index (κ1) is 15.1. The number of anilines is 1. The second-order valence-corrected chi connectivity index (χ2v) is 6.12. The van der Waals surface area contributed by atoms with E-state index in [1.54, 1.807) is 0 Å². The van der Waals surface area contributed by atoms with Crippen LogP contribution in [0, 0.1) is 0 Å². The molecule has 0 radical (unpaired) electrons. The Morgan fingerprint density at radius 3 is 2.75 bits per heavy atom. The van der Waals surface area contributed by atoms with Gasteiger partial charge in [-0.2, -0.15) is 0 Å². The van der Waals surface area contributed by atoms with Gasteiger partial charge in [0.15, 0.2) is 0 Å². The highest BCUT2D eigenvalue weighted by atomic mass is 79.9. The standard InChI is InChI=1S/C15H21BrN4/c1-11(17)8-12-4-5-13(9-14(12)16)20(3)10-15-18-6-7-19(15)2/h4-7,9,11H,8,10,17H2,1-3H3. The molecule has 0 saturated carbocycles. The molecule has 20 heavy (non-hydrogen) atoms. The molecule has 2 aromatic rings. The summed E-state index contributed by atoms with van der Waals surface area (Å²) in [4.78, 5) is 6.54. The van der Waals surface area contributed by atoms with Gasteiger partial charge in [0.1, 0.15) is 5.82 Å². The van der Waals surface area contributed by atoms with E-state index >= 15 is 0 Å². The molecular formula is C15H21BrN4. The molecule has 1 unspecified atom stereocenters. The van der Waals surface area contributed by atoms with Gasteiger partial charge in [-0.15, -0.1) is 0 Å². The van der Waals surface area contributed by atoms with Gasteiger partial charge in [-0.1, -0.05) is 22.0 Å². The highest BCUT2D eigenvalue weighted by Crippen LogP contribution is 2.25. The van der Waals surface area contributed by atoms with Crippen molar-refractivity contribution in [2.75, 3.05) is 11.9 Å². The molecule has 2 rings (SSSR count). The molecule has 0 fully saturated rings. The maximum atomic E-state index is 5.86. The number of aromatic nitrogens is 2. The average molecular weight is 337 g/mol. The summed E-state index contributed by atoms with van der Waals surface area (Å²) >= 11 is 3.63. The SMILES string of the molecule is CC(N)Cc1ccc(N(C)Cc2nccn2C)cc1Br. The number of nitrogens with two attached hydrogens (primary N) is 1. The van der Waals surface area contributed by atoms with Crippen LogP contribution in [0.1, 0.15) is 18.3 Å². The molecule has 0 spiro atoms. The van der Waals surface area contributed by atoms with Crippen LogP contribution in [0.2, 0.25) is 0 Å². The summed E-state index contributed by atoms with van der Waals surface area (Å²) in [6.45, 7) is 2.80. The molecule has 1 heterocycles. The van der Waals surface area contributed by atoms with Gasteiger partial charge in [0, 0.05) is 42.7 Å². The summed E-state index contributed by atoms with van der Waals surface area (Å²) in [7, 11) is 4.08. The number of imidazole rings is 1. The van der Waals surface area contributed by atoms with Crippen LogP contribution in [0.15, 0.2) is 35.1 Å². The number of benzene rings is 1. The van der Waals surface area contributed by atoms with E-state index < -0.39 is 0 Å². The Kier molecular flexibility index (Phi) is 4.83. The molecule has 0 saturated heterocycles.